The van der Waals surface area contributed by atoms with Crippen molar-refractivity contribution in [2.75, 3.05) is 0 Å². The van der Waals surface area contributed by atoms with Crippen LogP contribution in [0.5, 0.6) is 0 Å². The largest absolute Gasteiger partial charge is 0.0991 e. The molecule has 0 amide bonds. The fourth-order valence-electron chi connectivity index (χ4n) is 1.42. The molecule has 0 heteroatoms. The van der Waals surface area contributed by atoms with E-state index in [-0.39, 0.29) is 0 Å². The molecule has 0 aliphatic heterocycles. The van der Waals surface area contributed by atoms with Crippen molar-refractivity contribution in [3.63, 3.8) is 0 Å². The molecule has 0 nitrogen and oxygen atoms in total. The fourth-order valence-corrected chi connectivity index (χ4v) is 1.42. The molecule has 0 saturated carbocycles. The highest BCUT2D eigenvalue weighted by atomic mass is 14.1. The zero-order valence-corrected chi connectivity index (χ0v) is 8.51. The third-order valence-electron chi connectivity index (χ3n) is 2.13. The lowest BCUT2D eigenvalue weighted by atomic mass is 9.93. The molecule has 0 aromatic carbocycles. The summed E-state index contributed by atoms with van der Waals surface area (Å²) < 4.78 is 0. The Kier molecular flexibility index (Phi) is 6.45. The summed E-state index contributed by atoms with van der Waals surface area (Å²) >= 11 is 0. The van der Waals surface area contributed by atoms with Crippen molar-refractivity contribution < 1.29 is 0 Å². The Morgan fingerprint density at radius 1 is 1.33 bits per heavy atom. The molecular formula is C12H20. The Morgan fingerprint density at radius 3 is 2.25 bits per heavy atom. The highest BCUT2D eigenvalue weighted by Crippen LogP contribution is 2.19. The summed E-state index contributed by atoms with van der Waals surface area (Å²) in [5, 5.41) is 0. The Balaban J connectivity index is 4.46. The van der Waals surface area contributed by atoms with Gasteiger partial charge in [-0.1, -0.05) is 44.7 Å². The summed E-state index contributed by atoms with van der Waals surface area (Å²) in [6.45, 7) is 10.2. The maximum absolute atomic E-state index is 3.72. The Hall–Kier alpha value is -0.780. The van der Waals surface area contributed by atoms with Crippen LogP contribution in [0.2, 0.25) is 0 Å². The summed E-state index contributed by atoms with van der Waals surface area (Å²) in [5.74, 6) is 0.694. The predicted octanol–water partition coefficient (Wildman–Crippen LogP) is 4.11. The van der Waals surface area contributed by atoms with Crippen LogP contribution in [0.4, 0.5) is 0 Å². The minimum atomic E-state index is 0.694. The molecule has 0 fully saturated rings. The van der Waals surface area contributed by atoms with Crippen molar-refractivity contribution in [2.24, 2.45) is 5.92 Å². The number of hydrogen-bond acceptors (Lipinski definition) is 0. The standard InChI is InChI=1S/C12H20/c1-5-9-12(10-6-2)11(7-3)8-4/h5-6,9-11H,1,7-8H2,2-4H3/b10-6-,12-9+. The van der Waals surface area contributed by atoms with Crippen LogP contribution in [-0.4, -0.2) is 0 Å². The molecule has 0 radical (unpaired) electrons. The molecular weight excluding hydrogens is 144 g/mol. The molecule has 0 aliphatic rings. The van der Waals surface area contributed by atoms with Crippen molar-refractivity contribution in [3.8, 4) is 0 Å². The van der Waals surface area contributed by atoms with E-state index in [0.29, 0.717) is 5.92 Å². The van der Waals surface area contributed by atoms with E-state index in [1.165, 1.54) is 18.4 Å². The van der Waals surface area contributed by atoms with Gasteiger partial charge in [-0.15, -0.1) is 0 Å². The van der Waals surface area contributed by atoms with Crippen LogP contribution < -0.4 is 0 Å². The highest BCUT2D eigenvalue weighted by molar-refractivity contribution is 5.25. The van der Waals surface area contributed by atoms with Gasteiger partial charge in [-0.25, -0.2) is 0 Å². The molecule has 0 aromatic rings. The van der Waals surface area contributed by atoms with E-state index in [1.54, 1.807) is 0 Å². The van der Waals surface area contributed by atoms with Gasteiger partial charge in [-0.05, 0) is 31.3 Å². The van der Waals surface area contributed by atoms with E-state index >= 15 is 0 Å². The summed E-state index contributed by atoms with van der Waals surface area (Å²) in [5.41, 5.74) is 1.40. The van der Waals surface area contributed by atoms with Crippen molar-refractivity contribution in [1.82, 2.24) is 0 Å². The molecule has 0 aromatic heterocycles. The predicted molar refractivity (Wildman–Crippen MR) is 57.2 cm³/mol. The number of allylic oxidation sites excluding steroid dienone is 5. The van der Waals surface area contributed by atoms with E-state index < -0.39 is 0 Å². The third kappa shape index (κ3) is 3.56. The van der Waals surface area contributed by atoms with Gasteiger partial charge in [0.2, 0.25) is 0 Å². The van der Waals surface area contributed by atoms with Gasteiger partial charge in [0, 0.05) is 0 Å². The van der Waals surface area contributed by atoms with Crippen LogP contribution in [-0.2, 0) is 0 Å². The minimum absolute atomic E-state index is 0.694. The SMILES string of the molecule is C=C/C=C(\C=C/C)C(CC)CC. The topological polar surface area (TPSA) is 0 Å². The molecule has 0 aliphatic carbocycles. The van der Waals surface area contributed by atoms with Gasteiger partial charge in [0.25, 0.3) is 0 Å². The van der Waals surface area contributed by atoms with Crippen LogP contribution in [0.15, 0.2) is 36.5 Å². The first-order valence-electron chi connectivity index (χ1n) is 4.75. The smallest absolute Gasteiger partial charge is 0.0167 e. The molecule has 0 bridgehead atoms. The van der Waals surface area contributed by atoms with Crippen LogP contribution >= 0.6 is 0 Å². The van der Waals surface area contributed by atoms with Crippen LogP contribution in [0.1, 0.15) is 33.6 Å². The highest BCUT2D eigenvalue weighted by Gasteiger charge is 2.05. The van der Waals surface area contributed by atoms with Crippen molar-refractivity contribution in [3.05, 3.63) is 36.5 Å². The van der Waals surface area contributed by atoms with Gasteiger partial charge in [0.05, 0.1) is 0 Å². The molecule has 0 N–H and O–H groups in total. The van der Waals surface area contributed by atoms with Gasteiger partial charge < -0.3 is 0 Å². The fraction of sp³-hybridized carbons (Fsp3) is 0.500. The van der Waals surface area contributed by atoms with Gasteiger partial charge in [0.1, 0.15) is 0 Å². The molecule has 68 valence electrons. The van der Waals surface area contributed by atoms with E-state index in [9.17, 15) is 0 Å². The maximum Gasteiger partial charge on any atom is -0.0167 e. The average Bonchev–Trinajstić information content (AvgIpc) is 2.07. The summed E-state index contributed by atoms with van der Waals surface area (Å²) in [6.07, 6.45) is 10.7. The van der Waals surface area contributed by atoms with Crippen LogP contribution in [0.25, 0.3) is 0 Å². The summed E-state index contributed by atoms with van der Waals surface area (Å²) in [4.78, 5) is 0. The monoisotopic (exact) mass is 164 g/mol. The van der Waals surface area contributed by atoms with Crippen molar-refractivity contribution >= 4 is 0 Å². The minimum Gasteiger partial charge on any atom is -0.0991 e. The quantitative estimate of drug-likeness (QED) is 0.536. The second-order valence-electron chi connectivity index (χ2n) is 2.92. The van der Waals surface area contributed by atoms with Gasteiger partial charge in [-0.3, -0.25) is 0 Å². The lowest BCUT2D eigenvalue weighted by Crippen LogP contribution is -1.98. The Morgan fingerprint density at radius 2 is 1.92 bits per heavy atom. The van der Waals surface area contributed by atoms with Crippen molar-refractivity contribution in [1.29, 1.82) is 0 Å². The lowest BCUT2D eigenvalue weighted by Gasteiger charge is -2.12. The third-order valence-corrected chi connectivity index (χ3v) is 2.13. The molecule has 0 unspecified atom stereocenters. The molecule has 0 spiro atoms. The van der Waals surface area contributed by atoms with E-state index in [4.69, 9.17) is 0 Å². The normalized spacial score (nSPS) is 12.8. The molecule has 12 heavy (non-hydrogen) atoms. The Labute approximate surface area is 76.7 Å². The second kappa shape index (κ2) is 6.90. The first kappa shape index (κ1) is 11.2. The maximum atomic E-state index is 3.72. The summed E-state index contributed by atoms with van der Waals surface area (Å²) in [6, 6.07) is 0. The van der Waals surface area contributed by atoms with E-state index in [2.05, 4.69) is 45.6 Å². The Bertz CT molecular complexity index is 168. The number of rotatable bonds is 5. The molecule has 0 rings (SSSR count). The molecule has 0 atom stereocenters. The first-order chi connectivity index (χ1) is 5.79. The van der Waals surface area contributed by atoms with E-state index in [0.717, 1.165) is 0 Å². The van der Waals surface area contributed by atoms with Gasteiger partial charge >= 0.3 is 0 Å². The number of hydrogen-bond donors (Lipinski definition) is 0. The van der Waals surface area contributed by atoms with Crippen LogP contribution in [0, 0.1) is 5.92 Å². The average molecular weight is 164 g/mol. The molecule has 0 saturated heterocycles. The molecule has 0 heterocycles. The summed E-state index contributed by atoms with van der Waals surface area (Å²) in [7, 11) is 0. The zero-order valence-electron chi connectivity index (χ0n) is 8.51. The lowest BCUT2D eigenvalue weighted by molar-refractivity contribution is 0.583. The van der Waals surface area contributed by atoms with E-state index in [1.807, 2.05) is 6.08 Å². The zero-order chi connectivity index (χ0) is 9.40. The van der Waals surface area contributed by atoms with Crippen LogP contribution in [0.3, 0.4) is 0 Å². The van der Waals surface area contributed by atoms with Gasteiger partial charge in [-0.2, -0.15) is 0 Å². The first-order valence-corrected chi connectivity index (χ1v) is 4.75. The van der Waals surface area contributed by atoms with Gasteiger partial charge in [0.15, 0.2) is 0 Å². The second-order valence-corrected chi connectivity index (χ2v) is 2.92. The van der Waals surface area contributed by atoms with Crippen molar-refractivity contribution in [2.45, 2.75) is 33.6 Å².